The summed E-state index contributed by atoms with van der Waals surface area (Å²) in [5, 5.41) is 4.72. The number of anilines is 1. The first-order valence-corrected chi connectivity index (χ1v) is 7.88. The number of aryl methyl sites for hydroxylation is 1. The molecule has 22 heavy (non-hydrogen) atoms. The Morgan fingerprint density at radius 2 is 1.86 bits per heavy atom. The van der Waals surface area contributed by atoms with Gasteiger partial charge in [0.05, 0.1) is 11.2 Å². The number of para-hydroxylation sites is 1. The lowest BCUT2D eigenvalue weighted by Gasteiger charge is -2.14. The van der Waals surface area contributed by atoms with Crippen molar-refractivity contribution < 1.29 is 0 Å². The third-order valence-electron chi connectivity index (χ3n) is 4.14. The predicted octanol–water partition coefficient (Wildman–Crippen LogP) is 5.15. The van der Waals surface area contributed by atoms with E-state index in [4.69, 9.17) is 0 Å². The van der Waals surface area contributed by atoms with Crippen LogP contribution in [0.4, 0.5) is 5.69 Å². The Hall–Kier alpha value is -2.35. The molecule has 112 valence electrons. The molecule has 2 heteroatoms. The second-order valence-corrected chi connectivity index (χ2v) is 5.91. The second kappa shape index (κ2) is 6.61. The molecule has 1 aromatic heterocycles. The van der Waals surface area contributed by atoms with Crippen molar-refractivity contribution in [3.05, 3.63) is 71.9 Å². The quantitative estimate of drug-likeness (QED) is 0.703. The third kappa shape index (κ3) is 3.28. The minimum Gasteiger partial charge on any atom is -0.383 e. The predicted molar refractivity (Wildman–Crippen MR) is 94.4 cm³/mol. The highest BCUT2D eigenvalue weighted by Gasteiger charge is 2.06. The van der Waals surface area contributed by atoms with Gasteiger partial charge in [-0.3, -0.25) is 4.98 Å². The van der Waals surface area contributed by atoms with E-state index in [9.17, 15) is 0 Å². The summed E-state index contributed by atoms with van der Waals surface area (Å²) in [6.45, 7) is 5.39. The highest BCUT2D eigenvalue weighted by atomic mass is 14.9. The van der Waals surface area contributed by atoms with Gasteiger partial charge in [-0.05, 0) is 37.0 Å². The maximum Gasteiger partial charge on any atom is 0.0933 e. The van der Waals surface area contributed by atoms with Gasteiger partial charge in [0.25, 0.3) is 0 Å². The number of hydrogen-bond donors (Lipinski definition) is 1. The van der Waals surface area contributed by atoms with E-state index < -0.39 is 0 Å². The summed E-state index contributed by atoms with van der Waals surface area (Å²) in [6.07, 6.45) is 2.95. The first kappa shape index (κ1) is 14.6. The van der Waals surface area contributed by atoms with Crippen molar-refractivity contribution in [1.29, 1.82) is 0 Å². The number of nitrogens with one attached hydrogen (secondary N) is 1. The van der Waals surface area contributed by atoms with Gasteiger partial charge in [-0.25, -0.2) is 0 Å². The number of hydrogen-bond acceptors (Lipinski definition) is 2. The highest BCUT2D eigenvalue weighted by molar-refractivity contribution is 5.90. The van der Waals surface area contributed by atoms with E-state index in [1.807, 2.05) is 12.3 Å². The molecule has 1 N–H and O–H groups in total. The zero-order valence-electron chi connectivity index (χ0n) is 13.2. The number of benzene rings is 2. The van der Waals surface area contributed by atoms with Gasteiger partial charge in [0.2, 0.25) is 0 Å². The SMILES string of the molecule is Cc1cccc(C(C)CCNc2cccc3cccnc23)c1. The smallest absolute Gasteiger partial charge is 0.0933 e. The van der Waals surface area contributed by atoms with Crippen LogP contribution in [0.25, 0.3) is 10.9 Å². The molecule has 0 amide bonds. The van der Waals surface area contributed by atoms with Crippen LogP contribution < -0.4 is 5.32 Å². The number of pyridine rings is 1. The molecule has 0 fully saturated rings. The van der Waals surface area contributed by atoms with Crippen LogP contribution in [-0.4, -0.2) is 11.5 Å². The minimum absolute atomic E-state index is 0.551. The normalized spacial score (nSPS) is 12.3. The molecule has 0 saturated heterocycles. The molecular weight excluding hydrogens is 268 g/mol. The molecule has 0 radical (unpaired) electrons. The topological polar surface area (TPSA) is 24.9 Å². The molecule has 0 aliphatic heterocycles. The van der Waals surface area contributed by atoms with Gasteiger partial charge in [-0.2, -0.15) is 0 Å². The maximum absolute atomic E-state index is 4.49. The minimum atomic E-state index is 0.551. The summed E-state index contributed by atoms with van der Waals surface area (Å²) in [5.74, 6) is 0.551. The van der Waals surface area contributed by atoms with Gasteiger partial charge in [-0.1, -0.05) is 55.0 Å². The lowest BCUT2D eigenvalue weighted by Crippen LogP contribution is -2.06. The van der Waals surface area contributed by atoms with Crippen molar-refractivity contribution in [3.63, 3.8) is 0 Å². The molecule has 1 heterocycles. The summed E-state index contributed by atoms with van der Waals surface area (Å²) in [5.41, 5.74) is 4.91. The summed E-state index contributed by atoms with van der Waals surface area (Å²) in [7, 11) is 0. The van der Waals surface area contributed by atoms with E-state index in [0.717, 1.165) is 24.2 Å². The van der Waals surface area contributed by atoms with E-state index in [1.54, 1.807) is 0 Å². The van der Waals surface area contributed by atoms with Crippen LogP contribution in [0.1, 0.15) is 30.4 Å². The molecule has 0 aliphatic rings. The van der Waals surface area contributed by atoms with Crippen LogP contribution >= 0.6 is 0 Å². The van der Waals surface area contributed by atoms with Crippen molar-refractivity contribution in [2.24, 2.45) is 0 Å². The molecule has 2 nitrogen and oxygen atoms in total. The van der Waals surface area contributed by atoms with Crippen molar-refractivity contribution in [2.75, 3.05) is 11.9 Å². The van der Waals surface area contributed by atoms with Gasteiger partial charge in [0.1, 0.15) is 0 Å². The van der Waals surface area contributed by atoms with E-state index in [1.165, 1.54) is 16.5 Å². The Balaban J connectivity index is 1.65. The molecule has 0 aliphatic carbocycles. The molecule has 2 aromatic carbocycles. The summed E-state index contributed by atoms with van der Waals surface area (Å²) >= 11 is 0. The van der Waals surface area contributed by atoms with Crippen LogP contribution in [-0.2, 0) is 0 Å². The molecular formula is C20H22N2. The Kier molecular flexibility index (Phi) is 4.38. The summed E-state index contributed by atoms with van der Waals surface area (Å²) < 4.78 is 0. The third-order valence-corrected chi connectivity index (χ3v) is 4.14. The average molecular weight is 290 g/mol. The first-order chi connectivity index (χ1) is 10.7. The van der Waals surface area contributed by atoms with Gasteiger partial charge >= 0.3 is 0 Å². The van der Waals surface area contributed by atoms with Crippen LogP contribution in [0.3, 0.4) is 0 Å². The first-order valence-electron chi connectivity index (χ1n) is 7.88. The zero-order chi connectivity index (χ0) is 15.4. The lowest BCUT2D eigenvalue weighted by molar-refractivity contribution is 0.705. The number of fused-ring (bicyclic) bond motifs is 1. The van der Waals surface area contributed by atoms with E-state index in [2.05, 4.69) is 72.7 Å². The van der Waals surface area contributed by atoms with Crippen LogP contribution in [0.2, 0.25) is 0 Å². The van der Waals surface area contributed by atoms with Crippen molar-refractivity contribution in [2.45, 2.75) is 26.2 Å². The van der Waals surface area contributed by atoms with E-state index in [-0.39, 0.29) is 0 Å². The summed E-state index contributed by atoms with van der Waals surface area (Å²) in [6, 6.07) is 19.2. The van der Waals surface area contributed by atoms with Crippen molar-refractivity contribution in [3.8, 4) is 0 Å². The Bertz CT molecular complexity index is 759. The average Bonchev–Trinajstić information content (AvgIpc) is 2.55. The fourth-order valence-corrected chi connectivity index (χ4v) is 2.81. The van der Waals surface area contributed by atoms with Gasteiger partial charge in [-0.15, -0.1) is 0 Å². The molecule has 0 bridgehead atoms. The number of aromatic nitrogens is 1. The number of nitrogens with zero attached hydrogens (tertiary/aromatic N) is 1. The monoisotopic (exact) mass is 290 g/mol. The molecule has 0 spiro atoms. The molecule has 1 unspecified atom stereocenters. The summed E-state index contributed by atoms with van der Waals surface area (Å²) in [4.78, 5) is 4.49. The van der Waals surface area contributed by atoms with Crippen LogP contribution in [0, 0.1) is 6.92 Å². The lowest BCUT2D eigenvalue weighted by atomic mass is 9.96. The largest absolute Gasteiger partial charge is 0.383 e. The maximum atomic E-state index is 4.49. The van der Waals surface area contributed by atoms with E-state index in [0.29, 0.717) is 5.92 Å². The Morgan fingerprint density at radius 1 is 1.05 bits per heavy atom. The molecule has 1 atom stereocenters. The van der Waals surface area contributed by atoms with Gasteiger partial charge in [0.15, 0.2) is 0 Å². The van der Waals surface area contributed by atoms with Crippen LogP contribution in [0.15, 0.2) is 60.8 Å². The van der Waals surface area contributed by atoms with Crippen LogP contribution in [0.5, 0.6) is 0 Å². The Labute approximate surface area is 132 Å². The van der Waals surface area contributed by atoms with E-state index >= 15 is 0 Å². The molecule has 0 saturated carbocycles. The zero-order valence-corrected chi connectivity index (χ0v) is 13.2. The Morgan fingerprint density at radius 3 is 2.73 bits per heavy atom. The van der Waals surface area contributed by atoms with Crippen molar-refractivity contribution >= 4 is 16.6 Å². The second-order valence-electron chi connectivity index (χ2n) is 5.91. The highest BCUT2D eigenvalue weighted by Crippen LogP contribution is 2.23. The fraction of sp³-hybridized carbons (Fsp3) is 0.250. The number of rotatable bonds is 5. The fourth-order valence-electron chi connectivity index (χ4n) is 2.81. The standard InChI is InChI=1S/C20H22N2/c1-15-6-3-8-18(14-15)16(2)11-13-21-19-10-4-7-17-9-5-12-22-20(17)19/h3-10,12,14,16,21H,11,13H2,1-2H3. The van der Waals surface area contributed by atoms with Gasteiger partial charge in [0, 0.05) is 18.1 Å². The molecule has 3 rings (SSSR count). The molecule has 3 aromatic rings. The van der Waals surface area contributed by atoms with Crippen molar-refractivity contribution in [1.82, 2.24) is 4.98 Å². The van der Waals surface area contributed by atoms with Gasteiger partial charge < -0.3 is 5.32 Å².